The van der Waals surface area contributed by atoms with E-state index >= 15 is 0 Å². The number of aromatic amines is 1. The summed E-state index contributed by atoms with van der Waals surface area (Å²) in [6, 6.07) is 10.7. The molecule has 1 aliphatic heterocycles. The fourth-order valence-electron chi connectivity index (χ4n) is 3.30. The Morgan fingerprint density at radius 2 is 1.79 bits per heavy atom. The Balaban J connectivity index is 2.03. The van der Waals surface area contributed by atoms with Crippen molar-refractivity contribution < 1.29 is 8.42 Å². The molecule has 2 aromatic rings. The topological polar surface area (TPSA) is 53.2 Å². The number of piperidine rings is 1. The van der Waals surface area contributed by atoms with Gasteiger partial charge in [-0.3, -0.25) is 0 Å². The van der Waals surface area contributed by atoms with Crippen molar-refractivity contribution in [2.75, 3.05) is 6.54 Å². The molecule has 1 fully saturated rings. The van der Waals surface area contributed by atoms with Crippen molar-refractivity contribution in [3.63, 3.8) is 0 Å². The van der Waals surface area contributed by atoms with Gasteiger partial charge in [0.15, 0.2) is 0 Å². The molecular formula is C18H22N2O2S2. The highest BCUT2D eigenvalue weighted by molar-refractivity contribution is 7.89. The predicted molar refractivity (Wildman–Crippen MR) is 98.0 cm³/mol. The molecule has 1 saturated heterocycles. The highest BCUT2D eigenvalue weighted by Gasteiger charge is 2.35. The molecule has 0 spiro atoms. The summed E-state index contributed by atoms with van der Waals surface area (Å²) in [4.78, 5) is 3.51. The number of hydrogen-bond acceptors (Lipinski definition) is 3. The number of hydrogen-bond donors (Lipinski definition) is 1. The Hall–Kier alpha value is -1.50. The van der Waals surface area contributed by atoms with Crippen molar-refractivity contribution in [3.05, 3.63) is 57.9 Å². The molecule has 1 aliphatic rings. The molecule has 24 heavy (non-hydrogen) atoms. The van der Waals surface area contributed by atoms with Crippen molar-refractivity contribution in [2.24, 2.45) is 0 Å². The maximum Gasteiger partial charge on any atom is 0.243 e. The van der Waals surface area contributed by atoms with E-state index in [1.165, 1.54) is 0 Å². The van der Waals surface area contributed by atoms with E-state index in [2.05, 4.69) is 4.98 Å². The van der Waals surface area contributed by atoms with E-state index in [1.807, 2.05) is 38.1 Å². The van der Waals surface area contributed by atoms with Crippen LogP contribution in [0.5, 0.6) is 0 Å². The van der Waals surface area contributed by atoms with Crippen LogP contribution < -0.4 is 0 Å². The Bertz CT molecular complexity index is 886. The van der Waals surface area contributed by atoms with Gasteiger partial charge in [0.05, 0.1) is 10.9 Å². The molecule has 3 rings (SSSR count). The first-order chi connectivity index (χ1) is 11.4. The van der Waals surface area contributed by atoms with E-state index in [9.17, 15) is 8.42 Å². The van der Waals surface area contributed by atoms with Gasteiger partial charge in [-0.05, 0) is 50.5 Å². The number of nitrogens with one attached hydrogen (secondary N) is 1. The number of sulfonamides is 1. The van der Waals surface area contributed by atoms with Crippen molar-refractivity contribution in [2.45, 2.75) is 44.0 Å². The molecular weight excluding hydrogens is 340 g/mol. The van der Waals surface area contributed by atoms with E-state index in [0.717, 1.165) is 36.1 Å². The number of aryl methyl sites for hydroxylation is 2. The van der Waals surface area contributed by atoms with Crippen molar-refractivity contribution in [1.29, 1.82) is 0 Å². The number of pyridine rings is 1. The molecule has 0 aliphatic carbocycles. The van der Waals surface area contributed by atoms with Gasteiger partial charge in [-0.1, -0.05) is 42.4 Å². The Morgan fingerprint density at radius 1 is 1.08 bits per heavy atom. The summed E-state index contributed by atoms with van der Waals surface area (Å²) in [6.07, 6.45) is 2.75. The van der Waals surface area contributed by atoms with Gasteiger partial charge in [-0.15, -0.1) is 0 Å². The number of nitrogens with zero attached hydrogens (tertiary/aromatic N) is 1. The largest absolute Gasteiger partial charge is 0.350 e. The highest BCUT2D eigenvalue weighted by atomic mass is 32.2. The second-order valence-corrected chi connectivity index (χ2v) is 8.67. The minimum absolute atomic E-state index is 0.142. The summed E-state index contributed by atoms with van der Waals surface area (Å²) in [7, 11) is -3.51. The second-order valence-electron chi connectivity index (χ2n) is 6.34. The minimum atomic E-state index is -3.51. The quantitative estimate of drug-likeness (QED) is 0.829. The lowest BCUT2D eigenvalue weighted by atomic mass is 9.97. The van der Waals surface area contributed by atoms with Crippen LogP contribution >= 0.6 is 12.2 Å². The van der Waals surface area contributed by atoms with Crippen molar-refractivity contribution in [3.8, 4) is 0 Å². The maximum absolute atomic E-state index is 13.2. The molecule has 128 valence electrons. The van der Waals surface area contributed by atoms with Gasteiger partial charge in [0.1, 0.15) is 4.64 Å². The predicted octanol–water partition coefficient (Wildman–Crippen LogP) is 4.28. The summed E-state index contributed by atoms with van der Waals surface area (Å²) in [5.41, 5.74) is 3.01. The van der Waals surface area contributed by atoms with E-state index < -0.39 is 10.0 Å². The molecule has 0 radical (unpaired) electrons. The molecule has 1 N–H and O–H groups in total. The van der Waals surface area contributed by atoms with Gasteiger partial charge in [0.2, 0.25) is 10.0 Å². The zero-order valence-corrected chi connectivity index (χ0v) is 15.6. The lowest BCUT2D eigenvalue weighted by Gasteiger charge is -2.35. The van der Waals surface area contributed by atoms with E-state index in [1.54, 1.807) is 16.4 Å². The zero-order valence-electron chi connectivity index (χ0n) is 14.0. The molecule has 2 heterocycles. The molecule has 0 bridgehead atoms. The third kappa shape index (κ3) is 3.31. The number of H-pyrrole nitrogens is 1. The molecule has 1 aromatic heterocycles. The molecule has 0 amide bonds. The monoisotopic (exact) mass is 362 g/mol. The number of rotatable bonds is 3. The zero-order chi connectivity index (χ0) is 17.3. The van der Waals surface area contributed by atoms with Gasteiger partial charge in [0, 0.05) is 12.2 Å². The van der Waals surface area contributed by atoms with Crippen molar-refractivity contribution in [1.82, 2.24) is 9.29 Å². The number of aromatic nitrogens is 1. The van der Waals surface area contributed by atoms with Crippen LogP contribution in [-0.2, 0) is 10.0 Å². The lowest BCUT2D eigenvalue weighted by Crippen LogP contribution is -2.38. The van der Waals surface area contributed by atoms with E-state index in [4.69, 9.17) is 12.2 Å². The summed E-state index contributed by atoms with van der Waals surface area (Å²) in [6.45, 7) is 4.46. The van der Waals surface area contributed by atoms with Gasteiger partial charge in [0.25, 0.3) is 0 Å². The highest BCUT2D eigenvalue weighted by Crippen LogP contribution is 2.36. The molecule has 4 nitrogen and oxygen atoms in total. The van der Waals surface area contributed by atoms with Crippen LogP contribution in [0.3, 0.4) is 0 Å². The Labute approximate surface area is 148 Å². The van der Waals surface area contributed by atoms with Crippen LogP contribution in [0.2, 0.25) is 0 Å². The third-order valence-electron chi connectivity index (χ3n) is 4.60. The standard InChI is InChI=1S/C18H22N2O2S2/c1-13-6-8-15(9-7-13)24(21,22)20-12-4-3-5-17(20)16-10-11-18(23)19-14(16)2/h6-11,17H,3-5,12H2,1-2H3,(H,19,23). The number of benzene rings is 1. The molecule has 6 heteroatoms. The van der Waals surface area contributed by atoms with Gasteiger partial charge in [-0.2, -0.15) is 4.31 Å². The van der Waals surface area contributed by atoms with E-state index in [0.29, 0.717) is 16.1 Å². The van der Waals surface area contributed by atoms with Crippen LogP contribution in [-0.4, -0.2) is 24.3 Å². The summed E-state index contributed by atoms with van der Waals surface area (Å²) < 4.78 is 28.6. The third-order valence-corrected chi connectivity index (χ3v) is 6.76. The Kier molecular flexibility index (Phi) is 4.90. The first-order valence-electron chi connectivity index (χ1n) is 8.18. The first kappa shape index (κ1) is 17.3. The maximum atomic E-state index is 13.2. The summed E-state index contributed by atoms with van der Waals surface area (Å²) >= 11 is 5.16. The molecule has 0 saturated carbocycles. The fraction of sp³-hybridized carbons (Fsp3) is 0.389. The smallest absolute Gasteiger partial charge is 0.243 e. The first-order valence-corrected chi connectivity index (χ1v) is 10.0. The van der Waals surface area contributed by atoms with Gasteiger partial charge in [-0.25, -0.2) is 8.42 Å². The SMILES string of the molecule is Cc1ccc(S(=O)(=O)N2CCCCC2c2ccc(=S)[nH]c2C)cc1. The summed E-state index contributed by atoms with van der Waals surface area (Å²) in [5.74, 6) is 0. The van der Waals surface area contributed by atoms with E-state index in [-0.39, 0.29) is 6.04 Å². The lowest BCUT2D eigenvalue weighted by molar-refractivity contribution is 0.254. The summed E-state index contributed by atoms with van der Waals surface area (Å²) in [5, 5.41) is 0. The fourth-order valence-corrected chi connectivity index (χ4v) is 5.19. The average molecular weight is 363 g/mol. The van der Waals surface area contributed by atoms with Gasteiger partial charge >= 0.3 is 0 Å². The molecule has 1 atom stereocenters. The second kappa shape index (κ2) is 6.78. The van der Waals surface area contributed by atoms with Crippen LogP contribution in [0.25, 0.3) is 0 Å². The van der Waals surface area contributed by atoms with Crippen LogP contribution in [0.1, 0.15) is 42.1 Å². The molecule has 1 aromatic carbocycles. The normalized spacial score (nSPS) is 19.3. The average Bonchev–Trinajstić information content (AvgIpc) is 2.55. The van der Waals surface area contributed by atoms with Gasteiger partial charge < -0.3 is 4.98 Å². The molecule has 1 unspecified atom stereocenters. The van der Waals surface area contributed by atoms with Crippen LogP contribution in [0.15, 0.2) is 41.3 Å². The Morgan fingerprint density at radius 3 is 2.46 bits per heavy atom. The van der Waals surface area contributed by atoms with Crippen LogP contribution in [0, 0.1) is 18.5 Å². The minimum Gasteiger partial charge on any atom is -0.350 e. The van der Waals surface area contributed by atoms with Crippen LogP contribution in [0.4, 0.5) is 0 Å². The van der Waals surface area contributed by atoms with Crippen molar-refractivity contribution >= 4 is 22.2 Å².